The van der Waals surface area contributed by atoms with Crippen LogP contribution in [0.5, 0.6) is 5.75 Å². The fourth-order valence-electron chi connectivity index (χ4n) is 3.77. The standard InChI is InChI=1S/C26H26N2O4S2/c1-18-15-19(2)25-23(16-18)27-26(33-25)28(17-20-7-5-4-6-8-20)24(29)13-14-34(30,31)22-11-9-21(32-3)10-12-22/h4-12,15-16H,13-14,17H2,1-3H3. The van der Waals surface area contributed by atoms with Gasteiger partial charge in [0, 0.05) is 6.42 Å². The lowest BCUT2D eigenvalue weighted by molar-refractivity contribution is -0.118. The van der Waals surface area contributed by atoms with Crippen molar-refractivity contribution in [1.82, 2.24) is 4.98 Å². The van der Waals surface area contributed by atoms with Crippen LogP contribution >= 0.6 is 11.3 Å². The predicted octanol–water partition coefficient (Wildman–Crippen LogP) is 5.32. The Kier molecular flexibility index (Phi) is 7.00. The number of hydrogen-bond acceptors (Lipinski definition) is 6. The number of thiazole rings is 1. The maximum Gasteiger partial charge on any atom is 0.230 e. The third kappa shape index (κ3) is 5.29. The quantitative estimate of drug-likeness (QED) is 0.331. The average Bonchev–Trinajstić information content (AvgIpc) is 3.26. The van der Waals surface area contributed by atoms with E-state index >= 15 is 0 Å². The fourth-order valence-corrected chi connectivity index (χ4v) is 6.03. The molecule has 0 N–H and O–H groups in total. The summed E-state index contributed by atoms with van der Waals surface area (Å²) in [7, 11) is -2.10. The molecule has 8 heteroatoms. The second kappa shape index (κ2) is 9.95. The highest BCUT2D eigenvalue weighted by Gasteiger charge is 2.24. The van der Waals surface area contributed by atoms with E-state index < -0.39 is 9.84 Å². The Balaban J connectivity index is 1.61. The molecule has 176 valence electrons. The number of hydrogen-bond donors (Lipinski definition) is 0. The lowest BCUT2D eigenvalue weighted by atomic mass is 10.1. The van der Waals surface area contributed by atoms with Crippen LogP contribution in [0.15, 0.2) is 71.6 Å². The van der Waals surface area contributed by atoms with E-state index in [1.807, 2.05) is 50.2 Å². The zero-order chi connectivity index (χ0) is 24.3. The number of aromatic nitrogens is 1. The highest BCUT2D eigenvalue weighted by atomic mass is 32.2. The molecular weight excluding hydrogens is 468 g/mol. The van der Waals surface area contributed by atoms with Gasteiger partial charge in [0.25, 0.3) is 0 Å². The van der Waals surface area contributed by atoms with Crippen LogP contribution in [-0.2, 0) is 21.2 Å². The molecule has 0 unspecified atom stereocenters. The Morgan fingerprint density at radius 3 is 2.41 bits per heavy atom. The molecule has 0 aliphatic rings. The number of fused-ring (bicyclic) bond motifs is 1. The van der Waals surface area contributed by atoms with Crippen molar-refractivity contribution in [2.75, 3.05) is 17.8 Å². The molecule has 0 radical (unpaired) electrons. The van der Waals surface area contributed by atoms with Crippen LogP contribution in [0.3, 0.4) is 0 Å². The summed E-state index contributed by atoms with van der Waals surface area (Å²) < 4.78 is 31.8. The molecule has 0 saturated heterocycles. The molecule has 0 aliphatic heterocycles. The Labute approximate surface area is 203 Å². The Hall–Kier alpha value is -3.23. The van der Waals surface area contributed by atoms with E-state index in [1.54, 1.807) is 17.0 Å². The molecule has 0 fully saturated rings. The van der Waals surface area contributed by atoms with Crippen molar-refractivity contribution in [3.8, 4) is 5.75 Å². The van der Waals surface area contributed by atoms with Gasteiger partial charge >= 0.3 is 0 Å². The number of sulfone groups is 1. The molecule has 0 saturated carbocycles. The third-order valence-corrected chi connectivity index (χ3v) is 8.49. The Bertz CT molecular complexity index is 1410. The molecule has 6 nitrogen and oxygen atoms in total. The number of methoxy groups -OCH3 is 1. The van der Waals surface area contributed by atoms with Gasteiger partial charge in [0.2, 0.25) is 5.91 Å². The summed E-state index contributed by atoms with van der Waals surface area (Å²) in [4.78, 5) is 19.9. The lowest BCUT2D eigenvalue weighted by Gasteiger charge is -2.20. The van der Waals surface area contributed by atoms with Gasteiger partial charge in [0.1, 0.15) is 5.75 Å². The van der Waals surface area contributed by atoms with Gasteiger partial charge in [-0.25, -0.2) is 13.4 Å². The van der Waals surface area contributed by atoms with Gasteiger partial charge in [0.15, 0.2) is 15.0 Å². The van der Waals surface area contributed by atoms with Crippen LogP contribution in [-0.4, -0.2) is 32.2 Å². The summed E-state index contributed by atoms with van der Waals surface area (Å²) in [6.45, 7) is 4.37. The van der Waals surface area contributed by atoms with Gasteiger partial charge < -0.3 is 4.74 Å². The van der Waals surface area contributed by atoms with Crippen molar-refractivity contribution in [2.45, 2.75) is 31.7 Å². The fraction of sp³-hybridized carbons (Fsp3) is 0.231. The van der Waals surface area contributed by atoms with Gasteiger partial charge in [-0.15, -0.1) is 0 Å². The monoisotopic (exact) mass is 494 g/mol. The number of aryl methyl sites for hydroxylation is 2. The van der Waals surface area contributed by atoms with Crippen molar-refractivity contribution in [3.05, 3.63) is 83.4 Å². The minimum atomic E-state index is -3.63. The zero-order valence-electron chi connectivity index (χ0n) is 19.3. The van der Waals surface area contributed by atoms with Crippen LogP contribution < -0.4 is 9.64 Å². The first kappa shape index (κ1) is 23.9. The minimum Gasteiger partial charge on any atom is -0.497 e. The number of ether oxygens (including phenoxy) is 1. The van der Waals surface area contributed by atoms with Crippen LogP contribution in [0, 0.1) is 13.8 Å². The summed E-state index contributed by atoms with van der Waals surface area (Å²) in [6, 6.07) is 19.9. The van der Waals surface area contributed by atoms with Crippen molar-refractivity contribution >= 4 is 42.4 Å². The van der Waals surface area contributed by atoms with Crippen LogP contribution in [0.4, 0.5) is 5.13 Å². The number of amides is 1. The van der Waals surface area contributed by atoms with Crippen molar-refractivity contribution in [3.63, 3.8) is 0 Å². The third-order valence-electron chi connectivity index (χ3n) is 5.53. The molecule has 1 amide bonds. The van der Waals surface area contributed by atoms with Gasteiger partial charge in [0.05, 0.1) is 34.5 Å². The van der Waals surface area contributed by atoms with Crippen molar-refractivity contribution in [2.24, 2.45) is 0 Å². The number of carbonyl (C=O) groups excluding carboxylic acids is 1. The maximum atomic E-state index is 13.4. The number of rotatable bonds is 8. The van der Waals surface area contributed by atoms with E-state index in [9.17, 15) is 13.2 Å². The smallest absolute Gasteiger partial charge is 0.230 e. The molecule has 34 heavy (non-hydrogen) atoms. The molecule has 4 aromatic rings. The first-order chi connectivity index (χ1) is 16.3. The van der Waals surface area contributed by atoms with E-state index in [-0.39, 0.29) is 23.0 Å². The van der Waals surface area contributed by atoms with E-state index in [0.29, 0.717) is 17.4 Å². The highest BCUT2D eigenvalue weighted by Crippen LogP contribution is 2.33. The van der Waals surface area contributed by atoms with Gasteiger partial charge in [-0.1, -0.05) is 47.7 Å². The van der Waals surface area contributed by atoms with Crippen LogP contribution in [0.2, 0.25) is 0 Å². The van der Waals surface area contributed by atoms with Crippen LogP contribution in [0.25, 0.3) is 10.2 Å². The highest BCUT2D eigenvalue weighted by molar-refractivity contribution is 7.91. The second-order valence-electron chi connectivity index (χ2n) is 8.14. The summed E-state index contributed by atoms with van der Waals surface area (Å²) in [6.07, 6.45) is -0.144. The average molecular weight is 495 g/mol. The number of benzene rings is 3. The first-order valence-electron chi connectivity index (χ1n) is 10.9. The molecule has 0 atom stereocenters. The van der Waals surface area contributed by atoms with Crippen molar-refractivity contribution in [1.29, 1.82) is 0 Å². The van der Waals surface area contributed by atoms with Crippen molar-refractivity contribution < 1.29 is 17.9 Å². The van der Waals surface area contributed by atoms with Crippen LogP contribution in [0.1, 0.15) is 23.1 Å². The SMILES string of the molecule is COc1ccc(S(=O)(=O)CCC(=O)N(Cc2ccccc2)c2nc3cc(C)cc(C)c3s2)cc1. The summed E-state index contributed by atoms with van der Waals surface area (Å²) in [5.74, 6) is 0.00625. The summed E-state index contributed by atoms with van der Waals surface area (Å²) >= 11 is 1.45. The van der Waals surface area contributed by atoms with Gasteiger partial charge in [-0.05, 0) is 60.9 Å². The molecule has 4 rings (SSSR count). The Morgan fingerprint density at radius 2 is 1.74 bits per heavy atom. The maximum absolute atomic E-state index is 13.4. The molecule has 3 aromatic carbocycles. The van der Waals surface area contributed by atoms with Gasteiger partial charge in [-0.3, -0.25) is 9.69 Å². The van der Waals surface area contributed by atoms with E-state index in [2.05, 4.69) is 6.07 Å². The molecule has 1 aromatic heterocycles. The topological polar surface area (TPSA) is 76.6 Å². The van der Waals surface area contributed by atoms with E-state index in [1.165, 1.54) is 30.6 Å². The zero-order valence-corrected chi connectivity index (χ0v) is 20.9. The van der Waals surface area contributed by atoms with E-state index in [0.717, 1.165) is 26.9 Å². The minimum absolute atomic E-state index is 0.144. The molecule has 0 spiro atoms. The lowest BCUT2D eigenvalue weighted by Crippen LogP contribution is -2.31. The Morgan fingerprint density at radius 1 is 1.03 bits per heavy atom. The number of nitrogens with zero attached hydrogens (tertiary/aromatic N) is 2. The largest absolute Gasteiger partial charge is 0.497 e. The molecule has 1 heterocycles. The summed E-state index contributed by atoms with van der Waals surface area (Å²) in [5.41, 5.74) is 4.00. The predicted molar refractivity (Wildman–Crippen MR) is 136 cm³/mol. The number of carbonyl (C=O) groups is 1. The first-order valence-corrected chi connectivity index (χ1v) is 13.3. The number of anilines is 1. The molecule has 0 bridgehead atoms. The normalized spacial score (nSPS) is 11.5. The van der Waals surface area contributed by atoms with E-state index in [4.69, 9.17) is 9.72 Å². The van der Waals surface area contributed by atoms with Gasteiger partial charge in [-0.2, -0.15) is 0 Å². The summed E-state index contributed by atoms with van der Waals surface area (Å²) in [5, 5.41) is 0.569. The molecule has 0 aliphatic carbocycles. The second-order valence-corrected chi connectivity index (χ2v) is 11.2. The molecular formula is C26H26N2O4S2.